The summed E-state index contributed by atoms with van der Waals surface area (Å²) in [6, 6.07) is 4.03. The van der Waals surface area contributed by atoms with E-state index in [0.29, 0.717) is 6.54 Å². The number of aryl methyl sites for hydroxylation is 1. The van der Waals surface area contributed by atoms with Crippen LogP contribution in [-0.2, 0) is 13.6 Å². The Morgan fingerprint density at radius 2 is 2.12 bits per heavy atom. The lowest BCUT2D eigenvalue weighted by Crippen LogP contribution is -2.03. The van der Waals surface area contributed by atoms with Crippen LogP contribution in [0.1, 0.15) is 5.69 Å². The van der Waals surface area contributed by atoms with Crippen LogP contribution in [0.4, 0.5) is 14.5 Å². The van der Waals surface area contributed by atoms with Gasteiger partial charge in [0.2, 0.25) is 0 Å². The highest BCUT2D eigenvalue weighted by Gasteiger charge is 2.08. The van der Waals surface area contributed by atoms with E-state index in [-0.39, 0.29) is 10.2 Å². The summed E-state index contributed by atoms with van der Waals surface area (Å²) in [7, 11) is 1.80. The van der Waals surface area contributed by atoms with Gasteiger partial charge >= 0.3 is 0 Å². The third-order valence-corrected chi connectivity index (χ3v) is 2.85. The van der Waals surface area contributed by atoms with Crippen molar-refractivity contribution in [1.29, 1.82) is 0 Å². The van der Waals surface area contributed by atoms with Gasteiger partial charge in [0.15, 0.2) is 0 Å². The predicted molar refractivity (Wildman–Crippen MR) is 64.6 cm³/mol. The molecule has 17 heavy (non-hydrogen) atoms. The molecular weight excluding hydrogens is 292 g/mol. The minimum absolute atomic E-state index is 0.224. The first-order valence-corrected chi connectivity index (χ1v) is 5.72. The summed E-state index contributed by atoms with van der Waals surface area (Å²) in [4.78, 5) is 0. The number of nitrogens with one attached hydrogen (secondary N) is 1. The summed E-state index contributed by atoms with van der Waals surface area (Å²) in [5.41, 5.74) is 1.02. The van der Waals surface area contributed by atoms with Crippen LogP contribution < -0.4 is 5.32 Å². The summed E-state index contributed by atoms with van der Waals surface area (Å²) < 4.78 is 28.3. The van der Waals surface area contributed by atoms with E-state index in [2.05, 4.69) is 26.3 Å². The van der Waals surface area contributed by atoms with Crippen LogP contribution >= 0.6 is 15.9 Å². The highest BCUT2D eigenvalue weighted by Crippen LogP contribution is 2.23. The number of hydrogen-bond donors (Lipinski definition) is 1. The van der Waals surface area contributed by atoms with Crippen LogP contribution in [0.25, 0.3) is 0 Å². The van der Waals surface area contributed by atoms with E-state index in [1.54, 1.807) is 17.9 Å². The molecule has 1 aromatic heterocycles. The van der Waals surface area contributed by atoms with Gasteiger partial charge in [-0.15, -0.1) is 0 Å². The smallest absolute Gasteiger partial charge is 0.149 e. The van der Waals surface area contributed by atoms with Crippen LogP contribution in [-0.4, -0.2) is 9.78 Å². The first-order chi connectivity index (χ1) is 8.06. The van der Waals surface area contributed by atoms with Gasteiger partial charge in [0, 0.05) is 19.3 Å². The Kier molecular flexibility index (Phi) is 3.42. The summed E-state index contributed by atoms with van der Waals surface area (Å²) in [6.45, 7) is 0.385. The molecule has 0 aliphatic rings. The van der Waals surface area contributed by atoms with E-state index in [9.17, 15) is 8.78 Å². The van der Waals surface area contributed by atoms with Gasteiger partial charge in [-0.1, -0.05) is 0 Å². The summed E-state index contributed by atoms with van der Waals surface area (Å²) in [5, 5.41) is 7.00. The van der Waals surface area contributed by atoms with Gasteiger partial charge in [-0.2, -0.15) is 5.10 Å². The molecule has 1 N–H and O–H groups in total. The topological polar surface area (TPSA) is 29.9 Å². The van der Waals surface area contributed by atoms with Crippen LogP contribution in [0, 0.1) is 11.6 Å². The minimum Gasteiger partial charge on any atom is -0.377 e. The standard InChI is InChI=1S/C11H10BrF2N3/c1-17-3-2-7(16-17)6-15-11-4-8(12)9(13)5-10(11)14/h2-5,15H,6H2,1H3. The maximum Gasteiger partial charge on any atom is 0.149 e. The maximum atomic E-state index is 13.4. The van der Waals surface area contributed by atoms with Crippen molar-refractivity contribution in [2.75, 3.05) is 5.32 Å². The quantitative estimate of drug-likeness (QED) is 0.883. The fourth-order valence-corrected chi connectivity index (χ4v) is 1.74. The van der Waals surface area contributed by atoms with Crippen molar-refractivity contribution >= 4 is 21.6 Å². The zero-order chi connectivity index (χ0) is 12.4. The lowest BCUT2D eigenvalue weighted by atomic mass is 10.3. The highest BCUT2D eigenvalue weighted by atomic mass is 79.9. The lowest BCUT2D eigenvalue weighted by molar-refractivity contribution is 0.580. The number of anilines is 1. The number of hydrogen-bond acceptors (Lipinski definition) is 2. The molecule has 90 valence electrons. The molecule has 0 aliphatic heterocycles. The molecule has 0 fully saturated rings. The molecule has 0 saturated carbocycles. The molecule has 0 bridgehead atoms. The molecular formula is C11H10BrF2N3. The Labute approximate surface area is 106 Å². The molecule has 0 atom stereocenters. The maximum absolute atomic E-state index is 13.4. The number of aromatic nitrogens is 2. The zero-order valence-electron chi connectivity index (χ0n) is 9.04. The molecule has 0 radical (unpaired) electrons. The molecule has 0 amide bonds. The van der Waals surface area contributed by atoms with Gasteiger partial charge in [0.25, 0.3) is 0 Å². The van der Waals surface area contributed by atoms with Crippen LogP contribution in [0.3, 0.4) is 0 Å². The van der Waals surface area contributed by atoms with Gasteiger partial charge in [-0.3, -0.25) is 4.68 Å². The Morgan fingerprint density at radius 1 is 1.35 bits per heavy atom. The molecule has 0 spiro atoms. The number of benzene rings is 1. The summed E-state index contributed by atoms with van der Waals surface area (Å²) in [5.74, 6) is -1.24. The Bertz CT molecular complexity index is 540. The van der Waals surface area contributed by atoms with Crippen molar-refractivity contribution < 1.29 is 8.78 Å². The molecule has 1 aromatic carbocycles. The van der Waals surface area contributed by atoms with Gasteiger partial charge in [0.05, 0.1) is 22.4 Å². The minimum atomic E-state index is -0.623. The average Bonchev–Trinajstić information content (AvgIpc) is 2.68. The van der Waals surface area contributed by atoms with Crippen LogP contribution in [0.15, 0.2) is 28.9 Å². The SMILES string of the molecule is Cn1ccc(CNc2cc(Br)c(F)cc2F)n1. The van der Waals surface area contributed by atoms with E-state index >= 15 is 0 Å². The summed E-state index contributed by atoms with van der Waals surface area (Å²) >= 11 is 3.01. The highest BCUT2D eigenvalue weighted by molar-refractivity contribution is 9.10. The fourth-order valence-electron chi connectivity index (χ4n) is 1.40. The Hall–Kier alpha value is -1.43. The Morgan fingerprint density at radius 3 is 2.76 bits per heavy atom. The molecule has 6 heteroatoms. The molecule has 3 nitrogen and oxygen atoms in total. The van der Waals surface area contributed by atoms with Crippen molar-refractivity contribution in [3.8, 4) is 0 Å². The predicted octanol–water partition coefficient (Wildman–Crippen LogP) is 3.07. The van der Waals surface area contributed by atoms with Gasteiger partial charge < -0.3 is 5.32 Å². The first-order valence-electron chi connectivity index (χ1n) is 4.93. The van der Waals surface area contributed by atoms with Crippen molar-refractivity contribution in [2.45, 2.75) is 6.54 Å². The van der Waals surface area contributed by atoms with E-state index in [1.165, 1.54) is 6.07 Å². The zero-order valence-corrected chi connectivity index (χ0v) is 10.6. The number of rotatable bonds is 3. The van der Waals surface area contributed by atoms with E-state index in [4.69, 9.17) is 0 Å². The van der Waals surface area contributed by atoms with Crippen molar-refractivity contribution in [1.82, 2.24) is 9.78 Å². The second kappa shape index (κ2) is 4.83. The molecule has 2 aromatic rings. The van der Waals surface area contributed by atoms with Gasteiger partial charge in [0.1, 0.15) is 11.6 Å². The molecule has 0 unspecified atom stereocenters. The largest absolute Gasteiger partial charge is 0.377 e. The number of nitrogens with zero attached hydrogens (tertiary/aromatic N) is 2. The van der Waals surface area contributed by atoms with Crippen molar-refractivity contribution in [2.24, 2.45) is 7.05 Å². The normalized spacial score (nSPS) is 10.6. The van der Waals surface area contributed by atoms with Gasteiger partial charge in [-0.25, -0.2) is 8.78 Å². The second-order valence-corrected chi connectivity index (χ2v) is 4.43. The molecule has 0 aliphatic carbocycles. The van der Waals surface area contributed by atoms with Gasteiger partial charge in [-0.05, 0) is 28.1 Å². The van der Waals surface area contributed by atoms with Crippen LogP contribution in [0.5, 0.6) is 0 Å². The fraction of sp³-hybridized carbons (Fsp3) is 0.182. The van der Waals surface area contributed by atoms with Crippen molar-refractivity contribution in [3.63, 3.8) is 0 Å². The second-order valence-electron chi connectivity index (χ2n) is 3.58. The third kappa shape index (κ3) is 2.82. The number of halogens is 3. The lowest BCUT2D eigenvalue weighted by Gasteiger charge is -2.07. The monoisotopic (exact) mass is 301 g/mol. The summed E-state index contributed by atoms with van der Waals surface area (Å²) in [6.07, 6.45) is 1.80. The van der Waals surface area contributed by atoms with E-state index in [1.807, 2.05) is 6.07 Å². The van der Waals surface area contributed by atoms with E-state index in [0.717, 1.165) is 11.8 Å². The van der Waals surface area contributed by atoms with E-state index < -0.39 is 11.6 Å². The average molecular weight is 302 g/mol. The third-order valence-electron chi connectivity index (χ3n) is 2.24. The molecule has 2 rings (SSSR count). The molecule has 0 saturated heterocycles. The molecule has 1 heterocycles. The first kappa shape index (κ1) is 12.0. The van der Waals surface area contributed by atoms with Crippen molar-refractivity contribution in [3.05, 3.63) is 46.2 Å². The van der Waals surface area contributed by atoms with Crippen LogP contribution in [0.2, 0.25) is 0 Å². The Balaban J connectivity index is 2.11.